The lowest BCUT2D eigenvalue weighted by molar-refractivity contribution is 0.822. The zero-order valence-electron chi connectivity index (χ0n) is 4.80. The molecule has 0 spiro atoms. The molecule has 0 aromatic heterocycles. The van der Waals surface area contributed by atoms with Crippen LogP contribution in [-0.4, -0.2) is 5.88 Å². The monoisotopic (exact) mass is 206 g/mol. The number of rotatable bonds is 2. The van der Waals surface area contributed by atoms with Crippen LogP contribution in [0.15, 0.2) is 9.52 Å². The molecule has 0 bridgehead atoms. The summed E-state index contributed by atoms with van der Waals surface area (Å²) in [5.74, 6) is 0.472. The van der Waals surface area contributed by atoms with Crippen molar-refractivity contribution < 1.29 is 0 Å². The van der Waals surface area contributed by atoms with Crippen LogP contribution in [0.4, 0.5) is 0 Å². The van der Waals surface area contributed by atoms with Gasteiger partial charge in [-0.15, -0.1) is 11.6 Å². The number of allylic oxidation sites excluding steroid dienone is 1. The topological polar surface area (TPSA) is 0 Å². The lowest BCUT2D eigenvalue weighted by Crippen LogP contribution is -1.95. The van der Waals surface area contributed by atoms with E-state index in [4.69, 9.17) is 46.4 Å². The Bertz CT molecular complexity index is 114. The van der Waals surface area contributed by atoms with Gasteiger partial charge in [-0.2, -0.15) is 0 Å². The predicted molar refractivity (Wildman–Crippen MR) is 44.5 cm³/mol. The molecule has 0 heterocycles. The summed E-state index contributed by atoms with van der Waals surface area (Å²) in [6.45, 7) is 1.85. The molecule has 0 radical (unpaired) electrons. The molecule has 0 rings (SSSR count). The molecule has 0 fully saturated rings. The second-order valence-electron chi connectivity index (χ2n) is 1.66. The number of halogens is 4. The molecule has 0 N–H and O–H groups in total. The lowest BCUT2D eigenvalue weighted by atomic mass is 10.2. The minimum Gasteiger partial charge on any atom is -0.126 e. The van der Waals surface area contributed by atoms with Gasteiger partial charge in [-0.1, -0.05) is 41.7 Å². The average molecular weight is 208 g/mol. The Morgan fingerprint density at radius 3 is 1.89 bits per heavy atom. The number of hydrogen-bond donors (Lipinski definition) is 0. The molecule has 0 saturated carbocycles. The maximum Gasteiger partial charge on any atom is 0.121 e. The Morgan fingerprint density at radius 1 is 1.33 bits per heavy atom. The van der Waals surface area contributed by atoms with Crippen molar-refractivity contribution in [3.8, 4) is 0 Å². The number of hydrogen-bond acceptors (Lipinski definition) is 0. The molecule has 4 heteroatoms. The molecule has 0 amide bonds. The molecule has 0 aromatic carbocycles. The van der Waals surface area contributed by atoms with Gasteiger partial charge in [0, 0.05) is 11.8 Å². The molecule has 9 heavy (non-hydrogen) atoms. The van der Waals surface area contributed by atoms with Gasteiger partial charge in [-0.05, 0) is 0 Å². The van der Waals surface area contributed by atoms with E-state index in [-0.39, 0.29) is 10.4 Å². The Labute approximate surface area is 74.7 Å². The minimum absolute atomic E-state index is 0.0401. The maximum absolute atomic E-state index is 5.60. The molecule has 0 saturated heterocycles. The third-order valence-corrected chi connectivity index (χ3v) is 2.47. The Kier molecular flexibility index (Phi) is 5.14. The van der Waals surface area contributed by atoms with Gasteiger partial charge in [0.15, 0.2) is 0 Å². The van der Waals surface area contributed by atoms with Crippen LogP contribution in [-0.2, 0) is 0 Å². The van der Waals surface area contributed by atoms with Crippen LogP contribution in [0.5, 0.6) is 0 Å². The van der Waals surface area contributed by atoms with Crippen LogP contribution >= 0.6 is 46.4 Å². The largest absolute Gasteiger partial charge is 0.126 e. The van der Waals surface area contributed by atoms with E-state index in [9.17, 15) is 0 Å². The highest BCUT2D eigenvalue weighted by Gasteiger charge is 2.07. The Hall–Kier alpha value is 0.900. The van der Waals surface area contributed by atoms with Crippen molar-refractivity contribution in [2.24, 2.45) is 5.92 Å². The molecule has 1 unspecified atom stereocenters. The molecular weight excluding hydrogens is 202 g/mol. The summed E-state index contributed by atoms with van der Waals surface area (Å²) in [4.78, 5) is 0. The van der Waals surface area contributed by atoms with Crippen molar-refractivity contribution in [2.75, 3.05) is 5.88 Å². The molecule has 1 atom stereocenters. The van der Waals surface area contributed by atoms with E-state index in [2.05, 4.69) is 0 Å². The molecule has 0 aliphatic carbocycles. The fraction of sp³-hybridized carbons (Fsp3) is 0.600. The van der Waals surface area contributed by atoms with E-state index in [0.717, 1.165) is 0 Å². The van der Waals surface area contributed by atoms with Crippen LogP contribution in [0.2, 0.25) is 0 Å². The first kappa shape index (κ1) is 9.90. The first-order valence-electron chi connectivity index (χ1n) is 2.36. The maximum atomic E-state index is 5.60. The second-order valence-corrected chi connectivity index (χ2v) is 3.33. The van der Waals surface area contributed by atoms with Gasteiger partial charge >= 0.3 is 0 Å². The average Bonchev–Trinajstić information content (AvgIpc) is 1.84. The minimum atomic E-state index is 0.0401. The normalized spacial score (nSPS) is 13.0. The van der Waals surface area contributed by atoms with E-state index in [1.54, 1.807) is 0 Å². The van der Waals surface area contributed by atoms with Crippen LogP contribution in [0, 0.1) is 5.92 Å². The molecule has 54 valence electrons. The fourth-order valence-electron chi connectivity index (χ4n) is 0.254. The molecule has 0 aliphatic rings. The van der Waals surface area contributed by atoms with Crippen molar-refractivity contribution in [2.45, 2.75) is 6.92 Å². The number of alkyl halides is 1. The second kappa shape index (κ2) is 4.68. The van der Waals surface area contributed by atoms with E-state index >= 15 is 0 Å². The van der Waals surface area contributed by atoms with Crippen molar-refractivity contribution in [3.63, 3.8) is 0 Å². The Balaban J connectivity index is 4.02. The summed E-state index contributed by atoms with van der Waals surface area (Å²) in [7, 11) is 0. The quantitative estimate of drug-likeness (QED) is 0.606. The molecular formula is C5H6Cl4. The smallest absolute Gasteiger partial charge is 0.121 e. The van der Waals surface area contributed by atoms with Crippen molar-refractivity contribution in [1.29, 1.82) is 0 Å². The Morgan fingerprint density at radius 2 is 1.78 bits per heavy atom. The van der Waals surface area contributed by atoms with Gasteiger partial charge in [0.1, 0.15) is 4.49 Å². The van der Waals surface area contributed by atoms with E-state index < -0.39 is 0 Å². The summed E-state index contributed by atoms with van der Waals surface area (Å²) >= 11 is 21.8. The van der Waals surface area contributed by atoms with Crippen LogP contribution in [0.1, 0.15) is 6.92 Å². The van der Waals surface area contributed by atoms with Crippen molar-refractivity contribution >= 4 is 46.4 Å². The predicted octanol–water partition coefficient (Wildman–Crippen LogP) is 3.75. The standard InChI is InChI=1S/C5H6Cl4/c1-3(2-6)4(7)5(8)9/h3H,2H2,1H3. The first-order chi connectivity index (χ1) is 4.09. The van der Waals surface area contributed by atoms with Gasteiger partial charge in [-0.25, -0.2) is 0 Å². The van der Waals surface area contributed by atoms with Gasteiger partial charge in [0.25, 0.3) is 0 Å². The summed E-state index contributed by atoms with van der Waals surface area (Å²) in [6, 6.07) is 0. The van der Waals surface area contributed by atoms with Crippen LogP contribution in [0.3, 0.4) is 0 Å². The summed E-state index contributed by atoms with van der Waals surface area (Å²) in [6.07, 6.45) is 0. The highest BCUT2D eigenvalue weighted by atomic mass is 35.5. The highest BCUT2D eigenvalue weighted by Crippen LogP contribution is 2.25. The van der Waals surface area contributed by atoms with Crippen molar-refractivity contribution in [1.82, 2.24) is 0 Å². The van der Waals surface area contributed by atoms with Gasteiger partial charge in [0.2, 0.25) is 0 Å². The summed E-state index contributed by atoms with van der Waals surface area (Å²) in [5.41, 5.74) is 0. The molecule has 0 aliphatic heterocycles. The third-order valence-electron chi connectivity index (χ3n) is 0.845. The summed E-state index contributed by atoms with van der Waals surface area (Å²) < 4.78 is 0.102. The molecule has 0 nitrogen and oxygen atoms in total. The van der Waals surface area contributed by atoms with E-state index in [1.165, 1.54) is 0 Å². The van der Waals surface area contributed by atoms with E-state index in [0.29, 0.717) is 10.9 Å². The zero-order valence-corrected chi connectivity index (χ0v) is 7.82. The molecule has 0 aromatic rings. The van der Waals surface area contributed by atoms with Gasteiger partial charge in [-0.3, -0.25) is 0 Å². The fourth-order valence-corrected chi connectivity index (χ4v) is 0.937. The van der Waals surface area contributed by atoms with Crippen molar-refractivity contribution in [3.05, 3.63) is 9.52 Å². The summed E-state index contributed by atoms with van der Waals surface area (Å²) in [5, 5.41) is 0.424. The van der Waals surface area contributed by atoms with Gasteiger partial charge in [0.05, 0.1) is 5.03 Å². The zero-order chi connectivity index (χ0) is 7.44. The highest BCUT2D eigenvalue weighted by molar-refractivity contribution is 6.59. The third kappa shape index (κ3) is 3.57. The SMILES string of the molecule is CC(CCl)C(Cl)=C(Cl)Cl. The van der Waals surface area contributed by atoms with Gasteiger partial charge < -0.3 is 0 Å². The lowest BCUT2D eigenvalue weighted by Gasteiger charge is -2.03. The van der Waals surface area contributed by atoms with Crippen LogP contribution < -0.4 is 0 Å². The van der Waals surface area contributed by atoms with E-state index in [1.807, 2.05) is 6.92 Å². The first-order valence-corrected chi connectivity index (χ1v) is 4.03. The van der Waals surface area contributed by atoms with Crippen LogP contribution in [0.25, 0.3) is 0 Å².